The number of H-pyrrole nitrogens is 1. The van der Waals surface area contributed by atoms with Gasteiger partial charge >= 0.3 is 0 Å². The summed E-state index contributed by atoms with van der Waals surface area (Å²) in [7, 11) is 0. The van der Waals surface area contributed by atoms with Gasteiger partial charge in [-0.3, -0.25) is 9.89 Å². The SMILES string of the molecule is O=C(c1cc(-c2ccc(F)cc2)n[nH]1)N1CCCC(COCc2ccccc2)C1. The van der Waals surface area contributed by atoms with Crippen LogP contribution in [0.25, 0.3) is 11.3 Å². The number of ether oxygens (including phenoxy) is 1. The second-order valence-corrected chi connectivity index (χ2v) is 7.43. The number of halogens is 1. The van der Waals surface area contributed by atoms with Crippen LogP contribution in [0.1, 0.15) is 28.9 Å². The molecule has 1 N–H and O–H groups in total. The molecule has 1 amide bonds. The van der Waals surface area contributed by atoms with Gasteiger partial charge in [0.2, 0.25) is 0 Å². The van der Waals surface area contributed by atoms with Crippen LogP contribution in [0, 0.1) is 11.7 Å². The number of benzene rings is 2. The van der Waals surface area contributed by atoms with Crippen molar-refractivity contribution in [3.63, 3.8) is 0 Å². The largest absolute Gasteiger partial charge is 0.376 e. The van der Waals surface area contributed by atoms with Crippen molar-refractivity contribution in [2.45, 2.75) is 19.4 Å². The van der Waals surface area contributed by atoms with E-state index in [-0.39, 0.29) is 11.7 Å². The molecule has 4 rings (SSSR count). The van der Waals surface area contributed by atoms with Crippen molar-refractivity contribution in [2.24, 2.45) is 5.92 Å². The summed E-state index contributed by atoms with van der Waals surface area (Å²) < 4.78 is 19.0. The third-order valence-corrected chi connectivity index (χ3v) is 5.22. The molecule has 1 fully saturated rings. The molecule has 5 nitrogen and oxygen atoms in total. The van der Waals surface area contributed by atoms with Crippen molar-refractivity contribution in [2.75, 3.05) is 19.7 Å². The smallest absolute Gasteiger partial charge is 0.271 e. The molecule has 0 aliphatic carbocycles. The Morgan fingerprint density at radius 3 is 2.76 bits per heavy atom. The van der Waals surface area contributed by atoms with E-state index < -0.39 is 0 Å². The highest BCUT2D eigenvalue weighted by molar-refractivity contribution is 5.93. The summed E-state index contributed by atoms with van der Waals surface area (Å²) in [6, 6.07) is 17.9. The molecule has 0 radical (unpaired) electrons. The molecule has 1 aliphatic rings. The third kappa shape index (κ3) is 4.90. The van der Waals surface area contributed by atoms with Crippen LogP contribution in [-0.2, 0) is 11.3 Å². The lowest BCUT2D eigenvalue weighted by Gasteiger charge is -2.32. The molecule has 2 heterocycles. The number of piperidine rings is 1. The highest BCUT2D eigenvalue weighted by atomic mass is 19.1. The van der Waals surface area contributed by atoms with Gasteiger partial charge in [-0.25, -0.2) is 4.39 Å². The van der Waals surface area contributed by atoms with Gasteiger partial charge < -0.3 is 9.64 Å². The first kappa shape index (κ1) is 19.3. The molecule has 2 aromatic carbocycles. The molecular weight excluding hydrogens is 369 g/mol. The fourth-order valence-corrected chi connectivity index (χ4v) is 3.67. The van der Waals surface area contributed by atoms with Gasteiger partial charge in [-0.1, -0.05) is 30.3 Å². The zero-order valence-electron chi connectivity index (χ0n) is 16.2. The van der Waals surface area contributed by atoms with Crippen LogP contribution in [0.3, 0.4) is 0 Å². The second kappa shape index (κ2) is 9.01. The predicted molar refractivity (Wildman–Crippen MR) is 109 cm³/mol. The molecule has 1 unspecified atom stereocenters. The average Bonchev–Trinajstić information content (AvgIpc) is 3.25. The Morgan fingerprint density at radius 2 is 1.97 bits per heavy atom. The van der Waals surface area contributed by atoms with Gasteiger partial charge in [0, 0.05) is 18.7 Å². The summed E-state index contributed by atoms with van der Waals surface area (Å²) in [5, 5.41) is 7.04. The summed E-state index contributed by atoms with van der Waals surface area (Å²) in [6.45, 7) is 2.65. The number of carbonyl (C=O) groups is 1. The lowest BCUT2D eigenvalue weighted by Crippen LogP contribution is -2.41. The predicted octanol–water partition coefficient (Wildman–Crippen LogP) is 4.28. The monoisotopic (exact) mass is 393 g/mol. The summed E-state index contributed by atoms with van der Waals surface area (Å²) in [5.41, 5.74) is 3.01. The van der Waals surface area contributed by atoms with Gasteiger partial charge in [-0.2, -0.15) is 5.10 Å². The first-order valence-corrected chi connectivity index (χ1v) is 9.91. The number of likely N-dealkylation sites (tertiary alicyclic amines) is 1. The van der Waals surface area contributed by atoms with E-state index in [9.17, 15) is 9.18 Å². The average molecular weight is 393 g/mol. The Kier molecular flexibility index (Phi) is 6.00. The highest BCUT2D eigenvalue weighted by Gasteiger charge is 2.26. The van der Waals surface area contributed by atoms with Crippen molar-refractivity contribution in [1.29, 1.82) is 0 Å². The Balaban J connectivity index is 1.33. The van der Waals surface area contributed by atoms with Crippen LogP contribution in [0.5, 0.6) is 0 Å². The zero-order chi connectivity index (χ0) is 20.1. The maximum Gasteiger partial charge on any atom is 0.271 e. The minimum atomic E-state index is -0.297. The lowest BCUT2D eigenvalue weighted by atomic mass is 9.98. The molecule has 6 heteroatoms. The first-order chi connectivity index (χ1) is 14.2. The molecule has 3 aromatic rings. The molecule has 1 atom stereocenters. The number of amides is 1. The van der Waals surface area contributed by atoms with Gasteiger partial charge in [-0.15, -0.1) is 0 Å². The number of carbonyl (C=O) groups excluding carboxylic acids is 1. The van der Waals surface area contributed by atoms with Crippen molar-refractivity contribution >= 4 is 5.91 Å². The van der Waals surface area contributed by atoms with E-state index >= 15 is 0 Å². The van der Waals surface area contributed by atoms with E-state index in [1.807, 2.05) is 35.2 Å². The standard InChI is InChI=1S/C23H24FN3O2/c24-20-10-8-19(9-11-20)21-13-22(26-25-21)23(28)27-12-4-7-18(14-27)16-29-15-17-5-2-1-3-6-17/h1-3,5-6,8-11,13,18H,4,7,12,14-16H2,(H,25,26). The first-order valence-electron chi connectivity index (χ1n) is 9.91. The van der Waals surface area contributed by atoms with E-state index in [2.05, 4.69) is 10.2 Å². The van der Waals surface area contributed by atoms with Crippen LogP contribution < -0.4 is 0 Å². The Morgan fingerprint density at radius 1 is 1.17 bits per heavy atom. The Hall–Kier alpha value is -2.99. The summed E-state index contributed by atoms with van der Waals surface area (Å²) in [5.74, 6) is -0.0241. The van der Waals surface area contributed by atoms with Crippen molar-refractivity contribution in [3.8, 4) is 11.3 Å². The maximum absolute atomic E-state index is 13.1. The molecule has 150 valence electrons. The molecule has 0 spiro atoms. The van der Waals surface area contributed by atoms with Crippen LogP contribution in [0.2, 0.25) is 0 Å². The number of hydrogen-bond acceptors (Lipinski definition) is 3. The summed E-state index contributed by atoms with van der Waals surface area (Å²) in [6.07, 6.45) is 2.02. The van der Waals surface area contributed by atoms with Gasteiger partial charge in [-0.05, 0) is 54.7 Å². The van der Waals surface area contributed by atoms with Crippen LogP contribution in [0.15, 0.2) is 60.7 Å². The number of nitrogens with zero attached hydrogens (tertiary/aromatic N) is 2. The van der Waals surface area contributed by atoms with Gasteiger partial charge in [0.25, 0.3) is 5.91 Å². The van der Waals surface area contributed by atoms with Crippen molar-refractivity contribution < 1.29 is 13.9 Å². The second-order valence-electron chi connectivity index (χ2n) is 7.43. The Labute approximate surface area is 169 Å². The fourth-order valence-electron chi connectivity index (χ4n) is 3.67. The van der Waals surface area contributed by atoms with E-state index in [0.717, 1.165) is 30.5 Å². The quantitative estimate of drug-likeness (QED) is 0.680. The molecule has 0 bridgehead atoms. The molecule has 1 saturated heterocycles. The van der Waals surface area contributed by atoms with Crippen molar-refractivity contribution in [3.05, 3.63) is 77.7 Å². The zero-order valence-corrected chi connectivity index (χ0v) is 16.2. The number of rotatable bonds is 6. The number of aromatic nitrogens is 2. The fraction of sp³-hybridized carbons (Fsp3) is 0.304. The van der Waals surface area contributed by atoms with Crippen molar-refractivity contribution in [1.82, 2.24) is 15.1 Å². The lowest BCUT2D eigenvalue weighted by molar-refractivity contribution is 0.0422. The van der Waals surface area contributed by atoms with E-state index in [1.54, 1.807) is 18.2 Å². The van der Waals surface area contributed by atoms with Crippen LogP contribution >= 0.6 is 0 Å². The van der Waals surface area contributed by atoms with E-state index in [0.29, 0.717) is 37.1 Å². The molecule has 1 aliphatic heterocycles. The van der Waals surface area contributed by atoms with Crippen LogP contribution in [-0.4, -0.2) is 40.7 Å². The summed E-state index contributed by atoms with van der Waals surface area (Å²) >= 11 is 0. The Bertz CT molecular complexity index is 940. The third-order valence-electron chi connectivity index (χ3n) is 5.22. The normalized spacial score (nSPS) is 16.7. The minimum absolute atomic E-state index is 0.0568. The molecular formula is C23H24FN3O2. The number of aromatic amines is 1. The van der Waals surface area contributed by atoms with Gasteiger partial charge in [0.1, 0.15) is 11.5 Å². The molecule has 29 heavy (non-hydrogen) atoms. The summed E-state index contributed by atoms with van der Waals surface area (Å²) in [4.78, 5) is 14.8. The van der Waals surface area contributed by atoms with Crippen LogP contribution in [0.4, 0.5) is 4.39 Å². The molecule has 0 saturated carbocycles. The van der Waals surface area contributed by atoms with E-state index in [4.69, 9.17) is 4.74 Å². The number of nitrogens with one attached hydrogen (secondary N) is 1. The van der Waals surface area contributed by atoms with Gasteiger partial charge in [0.15, 0.2) is 0 Å². The number of hydrogen-bond donors (Lipinski definition) is 1. The van der Waals surface area contributed by atoms with Gasteiger partial charge in [0.05, 0.1) is 18.9 Å². The maximum atomic E-state index is 13.1. The topological polar surface area (TPSA) is 58.2 Å². The minimum Gasteiger partial charge on any atom is -0.376 e. The van der Waals surface area contributed by atoms with E-state index in [1.165, 1.54) is 12.1 Å². The highest BCUT2D eigenvalue weighted by Crippen LogP contribution is 2.22. The molecule has 1 aromatic heterocycles.